The minimum atomic E-state index is 0.677. The van der Waals surface area contributed by atoms with Gasteiger partial charge in [-0.3, -0.25) is 0 Å². The SMILES string of the molecule is C1=C2SCNC2CCN1. The Morgan fingerprint density at radius 2 is 2.67 bits per heavy atom. The Hall–Kier alpha value is -0.150. The second kappa shape index (κ2) is 2.23. The molecule has 3 heteroatoms. The fourth-order valence-electron chi connectivity index (χ4n) is 1.21. The van der Waals surface area contributed by atoms with E-state index in [4.69, 9.17) is 0 Å². The molecule has 0 spiro atoms. The summed E-state index contributed by atoms with van der Waals surface area (Å²) in [6.45, 7) is 1.13. The van der Waals surface area contributed by atoms with Crippen molar-refractivity contribution >= 4 is 11.8 Å². The van der Waals surface area contributed by atoms with Crippen molar-refractivity contribution in [3.05, 3.63) is 11.1 Å². The molecule has 50 valence electrons. The molecule has 0 bridgehead atoms. The van der Waals surface area contributed by atoms with Gasteiger partial charge in [-0.05, 0) is 6.42 Å². The van der Waals surface area contributed by atoms with Crippen LogP contribution in [-0.4, -0.2) is 18.5 Å². The fraction of sp³-hybridized carbons (Fsp3) is 0.667. The zero-order chi connectivity index (χ0) is 6.10. The van der Waals surface area contributed by atoms with Crippen LogP contribution in [0.25, 0.3) is 0 Å². The van der Waals surface area contributed by atoms with Crippen molar-refractivity contribution in [1.29, 1.82) is 0 Å². The zero-order valence-corrected chi connectivity index (χ0v) is 6.00. The van der Waals surface area contributed by atoms with Crippen LogP contribution >= 0.6 is 11.8 Å². The fourth-order valence-corrected chi connectivity index (χ4v) is 2.23. The Balaban J connectivity index is 2.16. The van der Waals surface area contributed by atoms with E-state index in [9.17, 15) is 0 Å². The highest BCUT2D eigenvalue weighted by molar-refractivity contribution is 8.03. The third-order valence-corrected chi connectivity index (χ3v) is 2.78. The van der Waals surface area contributed by atoms with Crippen LogP contribution in [-0.2, 0) is 0 Å². The van der Waals surface area contributed by atoms with Crippen LogP contribution in [0, 0.1) is 0 Å². The molecule has 0 radical (unpaired) electrons. The lowest BCUT2D eigenvalue weighted by atomic mass is 10.1. The second-order valence-corrected chi connectivity index (χ2v) is 3.38. The Kier molecular flexibility index (Phi) is 1.39. The van der Waals surface area contributed by atoms with E-state index in [1.165, 1.54) is 11.3 Å². The largest absolute Gasteiger partial charge is 0.390 e. The van der Waals surface area contributed by atoms with Crippen molar-refractivity contribution in [2.24, 2.45) is 0 Å². The Bertz CT molecular complexity index is 144. The average Bonchev–Trinajstić information content (AvgIpc) is 2.33. The summed E-state index contributed by atoms with van der Waals surface area (Å²) in [6, 6.07) is 0.677. The summed E-state index contributed by atoms with van der Waals surface area (Å²) in [5, 5.41) is 6.65. The third-order valence-electron chi connectivity index (χ3n) is 1.73. The van der Waals surface area contributed by atoms with Crippen molar-refractivity contribution in [2.45, 2.75) is 12.5 Å². The molecule has 0 aromatic rings. The topological polar surface area (TPSA) is 24.1 Å². The first-order chi connectivity index (χ1) is 4.47. The van der Waals surface area contributed by atoms with Gasteiger partial charge in [0.05, 0.1) is 0 Å². The molecule has 1 atom stereocenters. The molecule has 0 saturated carbocycles. The monoisotopic (exact) mass is 142 g/mol. The molecule has 0 aromatic carbocycles. The van der Waals surface area contributed by atoms with Crippen molar-refractivity contribution in [1.82, 2.24) is 10.6 Å². The van der Waals surface area contributed by atoms with Crippen LogP contribution in [0.1, 0.15) is 6.42 Å². The standard InChI is InChI=1S/C6H10N2S/c1-2-7-3-6-5(1)8-4-9-6/h3,5,7-8H,1-2,4H2. The number of rotatable bonds is 0. The van der Waals surface area contributed by atoms with Crippen LogP contribution in [0.4, 0.5) is 0 Å². The molecule has 2 aliphatic rings. The van der Waals surface area contributed by atoms with Gasteiger partial charge in [-0.25, -0.2) is 0 Å². The molecular weight excluding hydrogens is 132 g/mol. The molecule has 2 aliphatic heterocycles. The third kappa shape index (κ3) is 0.946. The summed E-state index contributed by atoms with van der Waals surface area (Å²) in [4.78, 5) is 1.49. The van der Waals surface area contributed by atoms with Gasteiger partial charge in [0.15, 0.2) is 0 Å². The van der Waals surface area contributed by atoms with E-state index in [2.05, 4.69) is 16.8 Å². The van der Waals surface area contributed by atoms with E-state index in [1.54, 1.807) is 0 Å². The van der Waals surface area contributed by atoms with Gasteiger partial charge in [0.25, 0.3) is 0 Å². The van der Waals surface area contributed by atoms with Crippen LogP contribution in [0.15, 0.2) is 11.1 Å². The van der Waals surface area contributed by atoms with Gasteiger partial charge < -0.3 is 10.6 Å². The van der Waals surface area contributed by atoms with E-state index >= 15 is 0 Å². The molecule has 2 N–H and O–H groups in total. The maximum atomic E-state index is 3.41. The smallest absolute Gasteiger partial charge is 0.0468 e. The molecule has 2 nitrogen and oxygen atoms in total. The Morgan fingerprint density at radius 1 is 1.67 bits per heavy atom. The summed E-state index contributed by atoms with van der Waals surface area (Å²) >= 11 is 1.91. The van der Waals surface area contributed by atoms with E-state index in [1.807, 2.05) is 11.8 Å². The number of hydrogen-bond acceptors (Lipinski definition) is 3. The quantitative estimate of drug-likeness (QED) is 0.514. The van der Waals surface area contributed by atoms with E-state index in [-0.39, 0.29) is 0 Å². The van der Waals surface area contributed by atoms with Crippen LogP contribution in [0.3, 0.4) is 0 Å². The van der Waals surface area contributed by atoms with Gasteiger partial charge in [0.2, 0.25) is 0 Å². The van der Waals surface area contributed by atoms with Crippen molar-refractivity contribution in [2.75, 3.05) is 12.4 Å². The lowest BCUT2D eigenvalue weighted by molar-refractivity contribution is 0.572. The van der Waals surface area contributed by atoms with E-state index in [0.717, 1.165) is 12.4 Å². The molecule has 1 unspecified atom stereocenters. The molecule has 2 rings (SSSR count). The van der Waals surface area contributed by atoms with Gasteiger partial charge in [-0.2, -0.15) is 0 Å². The molecule has 1 saturated heterocycles. The highest BCUT2D eigenvalue weighted by Crippen LogP contribution is 2.27. The summed E-state index contributed by atoms with van der Waals surface area (Å²) < 4.78 is 0. The zero-order valence-electron chi connectivity index (χ0n) is 5.18. The van der Waals surface area contributed by atoms with Crippen molar-refractivity contribution < 1.29 is 0 Å². The highest BCUT2D eigenvalue weighted by atomic mass is 32.2. The van der Waals surface area contributed by atoms with Crippen LogP contribution in [0.5, 0.6) is 0 Å². The predicted octanol–water partition coefficient (Wildman–Crippen LogP) is 0.484. The first-order valence-corrected chi connectivity index (χ1v) is 4.25. The van der Waals surface area contributed by atoms with Gasteiger partial charge in [-0.1, -0.05) is 0 Å². The summed E-state index contributed by atoms with van der Waals surface area (Å²) in [7, 11) is 0. The summed E-state index contributed by atoms with van der Waals surface area (Å²) in [5.41, 5.74) is 0. The Labute approximate surface area is 59.1 Å². The molecule has 2 heterocycles. The predicted molar refractivity (Wildman–Crippen MR) is 40.1 cm³/mol. The summed E-state index contributed by atoms with van der Waals surface area (Å²) in [6.07, 6.45) is 3.39. The normalized spacial score (nSPS) is 32.9. The highest BCUT2D eigenvalue weighted by Gasteiger charge is 2.22. The maximum absolute atomic E-state index is 3.41. The number of fused-ring (bicyclic) bond motifs is 1. The molecule has 0 aliphatic carbocycles. The van der Waals surface area contributed by atoms with E-state index in [0.29, 0.717) is 6.04 Å². The van der Waals surface area contributed by atoms with Gasteiger partial charge in [0.1, 0.15) is 0 Å². The molecule has 0 amide bonds. The van der Waals surface area contributed by atoms with Gasteiger partial charge >= 0.3 is 0 Å². The molecule has 1 fully saturated rings. The number of hydrogen-bond donors (Lipinski definition) is 2. The minimum absolute atomic E-state index is 0.677. The number of nitrogens with one attached hydrogen (secondary N) is 2. The second-order valence-electron chi connectivity index (χ2n) is 2.33. The van der Waals surface area contributed by atoms with E-state index < -0.39 is 0 Å². The molecule has 0 aromatic heterocycles. The first-order valence-electron chi connectivity index (χ1n) is 3.26. The van der Waals surface area contributed by atoms with Crippen LogP contribution in [0.2, 0.25) is 0 Å². The van der Waals surface area contributed by atoms with Gasteiger partial charge in [0, 0.05) is 29.6 Å². The minimum Gasteiger partial charge on any atom is -0.390 e. The van der Waals surface area contributed by atoms with Crippen LogP contribution < -0.4 is 10.6 Å². The lowest BCUT2D eigenvalue weighted by Gasteiger charge is -2.16. The van der Waals surface area contributed by atoms with Crippen molar-refractivity contribution in [3.63, 3.8) is 0 Å². The first kappa shape index (κ1) is 5.62. The number of thioether (sulfide) groups is 1. The lowest BCUT2D eigenvalue weighted by Crippen LogP contribution is -2.30. The average molecular weight is 142 g/mol. The Morgan fingerprint density at radius 3 is 3.56 bits per heavy atom. The van der Waals surface area contributed by atoms with Gasteiger partial charge in [-0.15, -0.1) is 11.8 Å². The maximum Gasteiger partial charge on any atom is 0.0468 e. The van der Waals surface area contributed by atoms with Crippen molar-refractivity contribution in [3.8, 4) is 0 Å². The molecule has 9 heavy (non-hydrogen) atoms. The molecular formula is C6H10N2S. The summed E-state index contributed by atoms with van der Waals surface area (Å²) in [5.74, 6) is 1.10.